The Balaban J connectivity index is 2.84. The lowest BCUT2D eigenvalue weighted by Crippen LogP contribution is -2.33. The average molecular weight is 247 g/mol. The van der Waals surface area contributed by atoms with Gasteiger partial charge in [0.2, 0.25) is 0 Å². The first-order valence-corrected chi connectivity index (χ1v) is 5.89. The van der Waals surface area contributed by atoms with Gasteiger partial charge in [0.05, 0.1) is 5.56 Å². The molecule has 0 radical (unpaired) electrons. The number of carboxylic acid groups (broad SMARTS) is 1. The molecule has 18 heavy (non-hydrogen) atoms. The van der Waals surface area contributed by atoms with E-state index >= 15 is 0 Å². The Morgan fingerprint density at radius 2 is 2.33 bits per heavy atom. The van der Waals surface area contributed by atoms with Crippen molar-refractivity contribution in [1.82, 2.24) is 4.98 Å². The number of nitrogens with zero attached hydrogens (tertiary/aromatic N) is 3. The Labute approximate surface area is 107 Å². The zero-order chi connectivity index (χ0) is 13.5. The average Bonchev–Trinajstić information content (AvgIpc) is 2.34. The number of carbonyl (C=O) groups is 1. The van der Waals surface area contributed by atoms with E-state index in [0.717, 1.165) is 0 Å². The number of pyridine rings is 1. The van der Waals surface area contributed by atoms with Crippen molar-refractivity contribution < 1.29 is 9.90 Å². The first kappa shape index (κ1) is 14.0. The fourth-order valence-corrected chi connectivity index (χ4v) is 1.72. The summed E-state index contributed by atoms with van der Waals surface area (Å²) in [4.78, 5) is 16.7. The molecular formula is C13H17N3O2. The summed E-state index contributed by atoms with van der Waals surface area (Å²) in [5.74, 6) is -0.180. The third-order valence-corrected chi connectivity index (χ3v) is 2.59. The lowest BCUT2D eigenvalue weighted by atomic mass is 10.2. The molecule has 0 bridgehead atoms. The van der Waals surface area contributed by atoms with E-state index in [0.29, 0.717) is 24.3 Å². The summed E-state index contributed by atoms with van der Waals surface area (Å²) >= 11 is 0. The molecule has 0 fully saturated rings. The first-order chi connectivity index (χ1) is 8.56. The summed E-state index contributed by atoms with van der Waals surface area (Å²) in [7, 11) is 0. The molecule has 0 atom stereocenters. The van der Waals surface area contributed by atoms with Crippen LogP contribution in [0.15, 0.2) is 18.3 Å². The minimum absolute atomic E-state index is 0.123. The zero-order valence-corrected chi connectivity index (χ0v) is 10.6. The Morgan fingerprint density at radius 1 is 1.61 bits per heavy atom. The van der Waals surface area contributed by atoms with Gasteiger partial charge in [-0.2, -0.15) is 5.26 Å². The fraction of sp³-hybridized carbons (Fsp3) is 0.462. The SMILES string of the molecule is CC(C)N(CCCC(=O)O)c1ncccc1C#N. The number of aliphatic carboxylic acids is 1. The second kappa shape index (κ2) is 6.60. The van der Waals surface area contributed by atoms with Crippen LogP contribution in [0.5, 0.6) is 0 Å². The summed E-state index contributed by atoms with van der Waals surface area (Å²) in [5.41, 5.74) is 0.515. The predicted molar refractivity (Wildman–Crippen MR) is 68.3 cm³/mol. The lowest BCUT2D eigenvalue weighted by molar-refractivity contribution is -0.137. The highest BCUT2D eigenvalue weighted by Gasteiger charge is 2.15. The minimum Gasteiger partial charge on any atom is -0.481 e. The molecule has 5 heteroatoms. The van der Waals surface area contributed by atoms with Crippen molar-refractivity contribution in [3.05, 3.63) is 23.9 Å². The van der Waals surface area contributed by atoms with Crippen LogP contribution in [0.2, 0.25) is 0 Å². The molecular weight excluding hydrogens is 230 g/mol. The normalized spacial score (nSPS) is 10.1. The molecule has 0 spiro atoms. The quantitative estimate of drug-likeness (QED) is 0.832. The van der Waals surface area contributed by atoms with Crippen molar-refractivity contribution >= 4 is 11.8 Å². The molecule has 0 saturated carbocycles. The maximum absolute atomic E-state index is 10.5. The Bertz CT molecular complexity index is 452. The summed E-state index contributed by atoms with van der Waals surface area (Å²) < 4.78 is 0. The van der Waals surface area contributed by atoms with Crippen LogP contribution < -0.4 is 4.90 Å². The molecule has 0 aliphatic heterocycles. The second-order valence-corrected chi connectivity index (χ2v) is 4.27. The van der Waals surface area contributed by atoms with Gasteiger partial charge in [0.1, 0.15) is 11.9 Å². The number of hydrogen-bond donors (Lipinski definition) is 1. The molecule has 0 aliphatic carbocycles. The van der Waals surface area contributed by atoms with Crippen molar-refractivity contribution in [2.75, 3.05) is 11.4 Å². The number of nitriles is 1. The third-order valence-electron chi connectivity index (χ3n) is 2.59. The van der Waals surface area contributed by atoms with Crippen molar-refractivity contribution in [3.63, 3.8) is 0 Å². The summed E-state index contributed by atoms with van der Waals surface area (Å²) in [5, 5.41) is 17.7. The summed E-state index contributed by atoms with van der Waals surface area (Å²) in [6.07, 6.45) is 2.30. The van der Waals surface area contributed by atoms with Gasteiger partial charge in [-0.3, -0.25) is 4.79 Å². The zero-order valence-electron chi connectivity index (χ0n) is 10.6. The van der Waals surface area contributed by atoms with Crippen LogP contribution >= 0.6 is 0 Å². The molecule has 1 heterocycles. The van der Waals surface area contributed by atoms with E-state index in [9.17, 15) is 4.79 Å². The van der Waals surface area contributed by atoms with Crippen LogP contribution in [0.4, 0.5) is 5.82 Å². The van der Waals surface area contributed by atoms with Crippen LogP contribution in [-0.4, -0.2) is 28.6 Å². The van der Waals surface area contributed by atoms with E-state index in [1.807, 2.05) is 18.7 Å². The summed E-state index contributed by atoms with van der Waals surface area (Å²) in [6.45, 7) is 4.57. The molecule has 0 aromatic carbocycles. The van der Waals surface area contributed by atoms with Crippen LogP contribution in [0.25, 0.3) is 0 Å². The van der Waals surface area contributed by atoms with E-state index in [1.54, 1.807) is 18.3 Å². The van der Waals surface area contributed by atoms with Gasteiger partial charge in [-0.05, 0) is 32.4 Å². The Kier molecular flexibility index (Phi) is 5.12. The van der Waals surface area contributed by atoms with Crippen molar-refractivity contribution in [2.24, 2.45) is 0 Å². The minimum atomic E-state index is -0.805. The van der Waals surface area contributed by atoms with E-state index in [2.05, 4.69) is 11.1 Å². The van der Waals surface area contributed by atoms with Gasteiger partial charge >= 0.3 is 5.97 Å². The van der Waals surface area contributed by atoms with Gasteiger partial charge in [0, 0.05) is 25.2 Å². The van der Waals surface area contributed by atoms with E-state index in [-0.39, 0.29) is 12.5 Å². The Hall–Kier alpha value is -2.09. The van der Waals surface area contributed by atoms with E-state index in [4.69, 9.17) is 10.4 Å². The van der Waals surface area contributed by atoms with Gasteiger partial charge < -0.3 is 10.0 Å². The van der Waals surface area contributed by atoms with Crippen LogP contribution in [0.1, 0.15) is 32.3 Å². The lowest BCUT2D eigenvalue weighted by Gasteiger charge is -2.28. The van der Waals surface area contributed by atoms with Crippen molar-refractivity contribution in [2.45, 2.75) is 32.7 Å². The van der Waals surface area contributed by atoms with Gasteiger partial charge in [-0.25, -0.2) is 4.98 Å². The number of hydrogen-bond acceptors (Lipinski definition) is 4. The van der Waals surface area contributed by atoms with E-state index in [1.165, 1.54) is 0 Å². The highest BCUT2D eigenvalue weighted by atomic mass is 16.4. The fourth-order valence-electron chi connectivity index (χ4n) is 1.72. The predicted octanol–water partition coefficient (Wildman–Crippen LogP) is 2.03. The molecule has 96 valence electrons. The number of rotatable bonds is 6. The second-order valence-electron chi connectivity index (χ2n) is 4.27. The van der Waals surface area contributed by atoms with Gasteiger partial charge in [0.25, 0.3) is 0 Å². The van der Waals surface area contributed by atoms with Gasteiger partial charge in [-0.1, -0.05) is 0 Å². The molecule has 5 nitrogen and oxygen atoms in total. The maximum atomic E-state index is 10.5. The van der Waals surface area contributed by atoms with E-state index < -0.39 is 5.97 Å². The smallest absolute Gasteiger partial charge is 0.303 e. The van der Waals surface area contributed by atoms with Crippen molar-refractivity contribution in [3.8, 4) is 6.07 Å². The molecule has 0 saturated heterocycles. The first-order valence-electron chi connectivity index (χ1n) is 5.89. The highest BCUT2D eigenvalue weighted by molar-refractivity contribution is 5.66. The number of aromatic nitrogens is 1. The summed E-state index contributed by atoms with van der Waals surface area (Å²) in [6, 6.07) is 5.71. The molecule has 0 unspecified atom stereocenters. The van der Waals surface area contributed by atoms with Crippen LogP contribution in [0, 0.1) is 11.3 Å². The number of anilines is 1. The maximum Gasteiger partial charge on any atom is 0.303 e. The topological polar surface area (TPSA) is 77.2 Å². The molecule has 0 aliphatic rings. The highest BCUT2D eigenvalue weighted by Crippen LogP contribution is 2.19. The molecule has 1 rings (SSSR count). The standard InChI is InChI=1S/C13H17N3O2/c1-10(2)16(8-4-6-12(17)18)13-11(9-14)5-3-7-15-13/h3,5,7,10H,4,6,8H2,1-2H3,(H,17,18). The number of carboxylic acids is 1. The van der Waals surface area contributed by atoms with Gasteiger partial charge in [-0.15, -0.1) is 0 Å². The molecule has 1 aromatic heterocycles. The third kappa shape index (κ3) is 3.74. The van der Waals surface area contributed by atoms with Crippen LogP contribution in [-0.2, 0) is 4.79 Å². The molecule has 0 amide bonds. The monoisotopic (exact) mass is 247 g/mol. The molecule has 1 aromatic rings. The Morgan fingerprint density at radius 3 is 2.89 bits per heavy atom. The largest absolute Gasteiger partial charge is 0.481 e. The van der Waals surface area contributed by atoms with Gasteiger partial charge in [0.15, 0.2) is 0 Å². The van der Waals surface area contributed by atoms with Crippen molar-refractivity contribution in [1.29, 1.82) is 5.26 Å². The molecule has 1 N–H and O–H groups in total. The van der Waals surface area contributed by atoms with Crippen LogP contribution in [0.3, 0.4) is 0 Å².